The maximum absolute atomic E-state index is 12.4. The lowest BCUT2D eigenvalue weighted by Gasteiger charge is -2.11. The number of nitrogens with one attached hydrogen (secondary N) is 1. The molecule has 0 aliphatic carbocycles. The van der Waals surface area contributed by atoms with E-state index in [9.17, 15) is 9.59 Å². The first-order valence-corrected chi connectivity index (χ1v) is 7.74. The largest absolute Gasteiger partial charge is 0.350 e. The van der Waals surface area contributed by atoms with Gasteiger partial charge in [0.15, 0.2) is 0 Å². The van der Waals surface area contributed by atoms with Crippen LogP contribution in [0.5, 0.6) is 0 Å². The van der Waals surface area contributed by atoms with Gasteiger partial charge in [0.25, 0.3) is 11.5 Å². The van der Waals surface area contributed by atoms with Crippen LogP contribution in [0.1, 0.15) is 42.4 Å². The summed E-state index contributed by atoms with van der Waals surface area (Å²) in [4.78, 5) is 25.7. The van der Waals surface area contributed by atoms with Gasteiger partial charge in [0.2, 0.25) is 0 Å². The molecule has 0 fully saturated rings. The summed E-state index contributed by atoms with van der Waals surface area (Å²) in [5.74, 6) is -0.144. The van der Waals surface area contributed by atoms with Gasteiger partial charge in [-0.15, -0.1) is 11.3 Å². The SMILES string of the molecule is CC[C@@H](C)NC(=O)c1c(C)sc2ccn(CC)c(=O)c12. The van der Waals surface area contributed by atoms with E-state index in [1.165, 1.54) is 11.3 Å². The van der Waals surface area contributed by atoms with Gasteiger partial charge in [0.1, 0.15) is 0 Å². The molecule has 1 amide bonds. The highest BCUT2D eigenvalue weighted by atomic mass is 32.1. The average molecular weight is 292 g/mol. The second-order valence-electron chi connectivity index (χ2n) is 4.96. The van der Waals surface area contributed by atoms with E-state index in [1.807, 2.05) is 33.8 Å². The number of hydrogen-bond acceptors (Lipinski definition) is 3. The van der Waals surface area contributed by atoms with E-state index in [0.717, 1.165) is 16.0 Å². The van der Waals surface area contributed by atoms with Gasteiger partial charge in [-0.25, -0.2) is 0 Å². The molecule has 2 aromatic rings. The Morgan fingerprint density at radius 3 is 2.75 bits per heavy atom. The molecule has 0 unspecified atom stereocenters. The fourth-order valence-corrected chi connectivity index (χ4v) is 3.23. The van der Waals surface area contributed by atoms with Crippen LogP contribution in [0.4, 0.5) is 0 Å². The number of aromatic nitrogens is 1. The van der Waals surface area contributed by atoms with Crippen LogP contribution in [-0.2, 0) is 6.54 Å². The van der Waals surface area contributed by atoms with Crippen LogP contribution < -0.4 is 10.9 Å². The van der Waals surface area contributed by atoms with Crippen LogP contribution in [0.2, 0.25) is 0 Å². The van der Waals surface area contributed by atoms with Crippen molar-refractivity contribution < 1.29 is 4.79 Å². The molecule has 5 heteroatoms. The molecule has 0 saturated carbocycles. The van der Waals surface area contributed by atoms with Crippen molar-refractivity contribution in [3.8, 4) is 0 Å². The van der Waals surface area contributed by atoms with Crippen molar-refractivity contribution in [1.29, 1.82) is 0 Å². The molecule has 2 heterocycles. The second kappa shape index (κ2) is 5.79. The van der Waals surface area contributed by atoms with Crippen molar-refractivity contribution >= 4 is 27.3 Å². The third-order valence-electron chi connectivity index (χ3n) is 3.55. The third-order valence-corrected chi connectivity index (χ3v) is 4.62. The fourth-order valence-electron chi connectivity index (χ4n) is 2.19. The zero-order valence-corrected chi connectivity index (χ0v) is 13.1. The topological polar surface area (TPSA) is 51.1 Å². The molecule has 4 nitrogen and oxygen atoms in total. The Hall–Kier alpha value is -1.62. The first-order valence-electron chi connectivity index (χ1n) is 6.93. The number of rotatable bonds is 4. The van der Waals surface area contributed by atoms with E-state index in [0.29, 0.717) is 17.5 Å². The van der Waals surface area contributed by atoms with E-state index in [-0.39, 0.29) is 17.5 Å². The molecule has 0 aliphatic rings. The highest BCUT2D eigenvalue weighted by molar-refractivity contribution is 7.19. The van der Waals surface area contributed by atoms with Crippen LogP contribution in [-0.4, -0.2) is 16.5 Å². The van der Waals surface area contributed by atoms with E-state index in [4.69, 9.17) is 0 Å². The van der Waals surface area contributed by atoms with Crippen molar-refractivity contribution in [1.82, 2.24) is 9.88 Å². The quantitative estimate of drug-likeness (QED) is 0.942. The van der Waals surface area contributed by atoms with Gasteiger partial charge in [0, 0.05) is 28.4 Å². The first kappa shape index (κ1) is 14.8. The lowest BCUT2D eigenvalue weighted by Crippen LogP contribution is -2.33. The van der Waals surface area contributed by atoms with Gasteiger partial charge in [-0.1, -0.05) is 6.92 Å². The number of hydrogen-bond donors (Lipinski definition) is 1. The summed E-state index contributed by atoms with van der Waals surface area (Å²) in [6, 6.07) is 2.02. The predicted octanol–water partition coefficient (Wildman–Crippen LogP) is 2.92. The summed E-state index contributed by atoms with van der Waals surface area (Å²) in [6.45, 7) is 8.41. The van der Waals surface area contributed by atoms with Gasteiger partial charge in [-0.05, 0) is 33.3 Å². The summed E-state index contributed by atoms with van der Waals surface area (Å²) in [5, 5.41) is 3.50. The summed E-state index contributed by atoms with van der Waals surface area (Å²) < 4.78 is 2.51. The van der Waals surface area contributed by atoms with E-state index >= 15 is 0 Å². The van der Waals surface area contributed by atoms with Crippen LogP contribution in [0.15, 0.2) is 17.1 Å². The van der Waals surface area contributed by atoms with E-state index in [1.54, 1.807) is 10.8 Å². The van der Waals surface area contributed by atoms with E-state index in [2.05, 4.69) is 5.32 Å². The van der Waals surface area contributed by atoms with Gasteiger partial charge < -0.3 is 9.88 Å². The Balaban J connectivity index is 2.60. The number of amides is 1. The number of nitrogens with zero attached hydrogens (tertiary/aromatic N) is 1. The standard InChI is InChI=1S/C15H20N2O2S/c1-5-9(3)16-14(18)12-10(4)20-11-7-8-17(6-2)15(19)13(11)12/h7-9H,5-6H2,1-4H3,(H,16,18)/t9-/m1/s1. The summed E-state index contributed by atoms with van der Waals surface area (Å²) >= 11 is 1.50. The Morgan fingerprint density at radius 2 is 2.15 bits per heavy atom. The Morgan fingerprint density at radius 1 is 1.45 bits per heavy atom. The lowest BCUT2D eigenvalue weighted by atomic mass is 10.1. The number of fused-ring (bicyclic) bond motifs is 1. The molecule has 0 spiro atoms. The normalized spacial score (nSPS) is 12.6. The second-order valence-corrected chi connectivity index (χ2v) is 6.22. The number of pyridine rings is 1. The number of aryl methyl sites for hydroxylation is 2. The van der Waals surface area contributed by atoms with Crippen molar-refractivity contribution in [3.05, 3.63) is 33.1 Å². The monoisotopic (exact) mass is 292 g/mol. The van der Waals surface area contributed by atoms with Gasteiger partial charge in [0.05, 0.1) is 10.9 Å². The molecular formula is C15H20N2O2S. The molecule has 0 radical (unpaired) electrons. The lowest BCUT2D eigenvalue weighted by molar-refractivity contribution is 0.0940. The molecule has 108 valence electrons. The van der Waals surface area contributed by atoms with Gasteiger partial charge in [-0.3, -0.25) is 9.59 Å². The van der Waals surface area contributed by atoms with Crippen molar-refractivity contribution in [2.75, 3.05) is 0 Å². The Kier molecular flexibility index (Phi) is 4.28. The van der Waals surface area contributed by atoms with Crippen LogP contribution in [0.25, 0.3) is 10.1 Å². The smallest absolute Gasteiger partial charge is 0.260 e. The van der Waals surface area contributed by atoms with Crippen molar-refractivity contribution in [3.63, 3.8) is 0 Å². The predicted molar refractivity (Wildman–Crippen MR) is 83.7 cm³/mol. The molecule has 0 aliphatic heterocycles. The molecule has 2 aromatic heterocycles. The maximum Gasteiger partial charge on any atom is 0.260 e. The number of thiophene rings is 1. The minimum atomic E-state index is -0.144. The van der Waals surface area contributed by atoms with Crippen molar-refractivity contribution in [2.45, 2.75) is 46.7 Å². The third kappa shape index (κ3) is 2.50. The molecule has 0 saturated heterocycles. The van der Waals surface area contributed by atoms with E-state index < -0.39 is 0 Å². The van der Waals surface area contributed by atoms with Crippen LogP contribution >= 0.6 is 11.3 Å². The highest BCUT2D eigenvalue weighted by Gasteiger charge is 2.20. The Bertz CT molecular complexity index is 700. The van der Waals surface area contributed by atoms with Crippen LogP contribution in [0.3, 0.4) is 0 Å². The van der Waals surface area contributed by atoms with Gasteiger partial charge >= 0.3 is 0 Å². The summed E-state index contributed by atoms with van der Waals surface area (Å²) in [7, 11) is 0. The number of carbonyl (C=O) groups is 1. The zero-order chi connectivity index (χ0) is 14.9. The molecule has 2 rings (SSSR count). The summed E-state index contributed by atoms with van der Waals surface area (Å²) in [6.07, 6.45) is 2.66. The Labute approximate surface area is 122 Å². The molecule has 1 atom stereocenters. The molecule has 0 aromatic carbocycles. The van der Waals surface area contributed by atoms with Gasteiger partial charge in [-0.2, -0.15) is 0 Å². The maximum atomic E-state index is 12.4. The fraction of sp³-hybridized carbons (Fsp3) is 0.467. The minimum Gasteiger partial charge on any atom is -0.350 e. The number of carbonyl (C=O) groups excluding carboxylic acids is 1. The van der Waals surface area contributed by atoms with Crippen molar-refractivity contribution in [2.24, 2.45) is 0 Å². The molecule has 0 bridgehead atoms. The molecular weight excluding hydrogens is 272 g/mol. The zero-order valence-electron chi connectivity index (χ0n) is 12.3. The summed E-state index contributed by atoms with van der Waals surface area (Å²) in [5.41, 5.74) is 0.460. The average Bonchev–Trinajstić information content (AvgIpc) is 2.76. The van der Waals surface area contributed by atoms with Crippen LogP contribution in [0, 0.1) is 6.92 Å². The minimum absolute atomic E-state index is 0.0800. The molecule has 20 heavy (non-hydrogen) atoms. The first-order chi connectivity index (χ1) is 9.49. The highest BCUT2D eigenvalue weighted by Crippen LogP contribution is 2.28. The molecule has 1 N–H and O–H groups in total.